The number of hydrogen-bond acceptors (Lipinski definition) is 7. The highest BCUT2D eigenvalue weighted by molar-refractivity contribution is 5.70. The van der Waals surface area contributed by atoms with E-state index in [0.29, 0.717) is 13.2 Å². The Morgan fingerprint density at radius 3 is 2.30 bits per heavy atom. The number of benzene rings is 1. The third kappa shape index (κ3) is 7.04. The van der Waals surface area contributed by atoms with Crippen LogP contribution in [0.1, 0.15) is 20.3 Å². The maximum atomic E-state index is 11.7. The van der Waals surface area contributed by atoms with E-state index < -0.39 is 23.5 Å². The van der Waals surface area contributed by atoms with Crippen LogP contribution in [0.25, 0.3) is 0 Å². The van der Waals surface area contributed by atoms with Gasteiger partial charge in [-0.25, -0.2) is 4.79 Å². The van der Waals surface area contributed by atoms with E-state index in [1.165, 1.54) is 24.3 Å². The van der Waals surface area contributed by atoms with E-state index in [1.807, 2.05) is 13.8 Å². The third-order valence-electron chi connectivity index (χ3n) is 2.71. The normalized spacial score (nSPS) is 12.0. The number of rotatable bonds is 9. The lowest BCUT2D eigenvalue weighted by molar-refractivity contribution is -0.384. The van der Waals surface area contributed by atoms with Gasteiger partial charge in [-0.3, -0.25) is 10.1 Å². The molecule has 0 aliphatic rings. The van der Waals surface area contributed by atoms with Crippen LogP contribution in [-0.4, -0.2) is 36.7 Å². The summed E-state index contributed by atoms with van der Waals surface area (Å²) in [7, 11) is 0. The van der Waals surface area contributed by atoms with E-state index >= 15 is 0 Å². The van der Waals surface area contributed by atoms with Gasteiger partial charge in [0, 0.05) is 31.8 Å². The quantitative estimate of drug-likeness (QED) is 0.402. The molecular weight excluding hydrogens is 306 g/mol. The fourth-order valence-corrected chi connectivity index (χ4v) is 1.75. The number of nitrogens with one attached hydrogen (secondary N) is 1. The summed E-state index contributed by atoms with van der Waals surface area (Å²) < 4.78 is 15.6. The summed E-state index contributed by atoms with van der Waals surface area (Å²) in [6.07, 6.45) is -1.74. The second-order valence-corrected chi connectivity index (χ2v) is 4.47. The summed E-state index contributed by atoms with van der Waals surface area (Å²) in [6.45, 7) is 4.58. The maximum Gasteiger partial charge on any atom is 0.413 e. The monoisotopic (exact) mass is 327 g/mol. The van der Waals surface area contributed by atoms with Crippen molar-refractivity contribution in [3.63, 3.8) is 0 Å². The molecule has 0 fully saturated rings. The van der Waals surface area contributed by atoms with E-state index in [4.69, 9.17) is 19.9 Å². The van der Waals surface area contributed by atoms with E-state index in [0.717, 1.165) is 0 Å². The molecule has 0 bridgehead atoms. The molecule has 1 amide bonds. The molecule has 0 saturated heterocycles. The van der Waals surface area contributed by atoms with Crippen molar-refractivity contribution in [1.29, 1.82) is 0 Å². The van der Waals surface area contributed by atoms with Crippen molar-refractivity contribution in [1.82, 2.24) is 5.32 Å². The van der Waals surface area contributed by atoms with Crippen LogP contribution in [0.5, 0.6) is 5.75 Å². The lowest BCUT2D eigenvalue weighted by Gasteiger charge is -2.21. The number of hydrogen-bond donors (Lipinski definition) is 2. The second-order valence-electron chi connectivity index (χ2n) is 4.47. The molecule has 0 aromatic heterocycles. The molecular formula is C14H21N3O6. The number of nitro benzene ring substituents is 1. The lowest BCUT2D eigenvalue weighted by Crippen LogP contribution is -2.45. The Morgan fingerprint density at radius 1 is 1.26 bits per heavy atom. The van der Waals surface area contributed by atoms with Gasteiger partial charge in [0.15, 0.2) is 6.29 Å². The van der Waals surface area contributed by atoms with Crippen molar-refractivity contribution in [2.75, 3.05) is 13.2 Å². The van der Waals surface area contributed by atoms with Crippen LogP contribution in [0.2, 0.25) is 0 Å². The van der Waals surface area contributed by atoms with E-state index in [9.17, 15) is 14.9 Å². The SMILES string of the molecule is CCOC(CC(N)NC(=O)Oc1ccc([N+](=O)[O-])cc1)OCC. The van der Waals surface area contributed by atoms with Gasteiger partial charge in [0.25, 0.3) is 5.69 Å². The van der Waals surface area contributed by atoms with Crippen molar-refractivity contribution in [3.8, 4) is 5.75 Å². The maximum absolute atomic E-state index is 11.7. The largest absolute Gasteiger partial charge is 0.413 e. The molecule has 1 rings (SSSR count). The molecule has 1 unspecified atom stereocenters. The minimum Gasteiger partial charge on any atom is -0.410 e. The van der Waals surface area contributed by atoms with Crippen molar-refractivity contribution in [3.05, 3.63) is 34.4 Å². The lowest BCUT2D eigenvalue weighted by atomic mass is 10.3. The molecule has 0 radical (unpaired) electrons. The molecule has 9 nitrogen and oxygen atoms in total. The predicted molar refractivity (Wildman–Crippen MR) is 81.9 cm³/mol. The second kappa shape index (κ2) is 9.72. The highest BCUT2D eigenvalue weighted by Gasteiger charge is 2.17. The number of carbonyl (C=O) groups is 1. The minimum atomic E-state index is -0.766. The third-order valence-corrected chi connectivity index (χ3v) is 2.71. The fourth-order valence-electron chi connectivity index (χ4n) is 1.75. The predicted octanol–water partition coefficient (Wildman–Crippen LogP) is 1.76. The molecule has 1 aromatic carbocycles. The molecule has 9 heteroatoms. The molecule has 0 heterocycles. The number of amides is 1. The standard InChI is InChI=1S/C14H21N3O6/c1-3-21-13(22-4-2)9-12(15)16-14(18)23-11-7-5-10(6-8-11)17(19)20/h5-8,12-13H,3-4,9,15H2,1-2H3,(H,16,18). The first-order valence-electron chi connectivity index (χ1n) is 7.17. The molecule has 0 spiro atoms. The van der Waals surface area contributed by atoms with E-state index in [-0.39, 0.29) is 17.9 Å². The van der Waals surface area contributed by atoms with Crippen LogP contribution >= 0.6 is 0 Å². The average molecular weight is 327 g/mol. The molecule has 128 valence electrons. The summed E-state index contributed by atoms with van der Waals surface area (Å²) in [5.41, 5.74) is 5.70. The minimum absolute atomic E-state index is 0.0919. The van der Waals surface area contributed by atoms with Gasteiger partial charge in [-0.1, -0.05) is 0 Å². The van der Waals surface area contributed by atoms with E-state index in [2.05, 4.69) is 5.32 Å². The molecule has 0 aliphatic carbocycles. The van der Waals surface area contributed by atoms with Gasteiger partial charge in [-0.05, 0) is 26.0 Å². The zero-order chi connectivity index (χ0) is 17.2. The van der Waals surface area contributed by atoms with Gasteiger partial charge in [-0.2, -0.15) is 0 Å². The van der Waals surface area contributed by atoms with Crippen LogP contribution in [0.3, 0.4) is 0 Å². The summed E-state index contributed by atoms with van der Waals surface area (Å²) >= 11 is 0. The number of carbonyl (C=O) groups excluding carboxylic acids is 1. The zero-order valence-electron chi connectivity index (χ0n) is 13.1. The summed E-state index contributed by atoms with van der Waals surface area (Å²) in [4.78, 5) is 21.7. The smallest absolute Gasteiger partial charge is 0.410 e. The average Bonchev–Trinajstić information content (AvgIpc) is 2.47. The number of nitrogens with zero attached hydrogens (tertiary/aromatic N) is 1. The Bertz CT molecular complexity index is 502. The first-order chi connectivity index (χ1) is 11.0. The van der Waals surface area contributed by atoms with Crippen LogP contribution in [0, 0.1) is 10.1 Å². The summed E-state index contributed by atoms with van der Waals surface area (Å²) in [5, 5.41) is 13.0. The van der Waals surface area contributed by atoms with Gasteiger partial charge in [0.05, 0.1) is 11.1 Å². The molecule has 1 atom stereocenters. The zero-order valence-corrected chi connectivity index (χ0v) is 13.1. The van der Waals surface area contributed by atoms with E-state index in [1.54, 1.807) is 0 Å². The molecule has 0 saturated carbocycles. The van der Waals surface area contributed by atoms with Gasteiger partial charge < -0.3 is 25.3 Å². The molecule has 23 heavy (non-hydrogen) atoms. The fraction of sp³-hybridized carbons (Fsp3) is 0.500. The number of nitrogens with two attached hydrogens (primary N) is 1. The van der Waals surface area contributed by atoms with Crippen molar-refractivity contribution >= 4 is 11.8 Å². The Balaban J connectivity index is 2.46. The van der Waals surface area contributed by atoms with Crippen LogP contribution in [-0.2, 0) is 9.47 Å². The Labute approximate surface area is 133 Å². The Kier molecular flexibility index (Phi) is 7.95. The number of non-ortho nitro benzene ring substituents is 1. The van der Waals surface area contributed by atoms with Crippen LogP contribution < -0.4 is 15.8 Å². The molecule has 3 N–H and O–H groups in total. The molecule has 0 aliphatic heterocycles. The molecule has 1 aromatic rings. The topological polar surface area (TPSA) is 126 Å². The van der Waals surface area contributed by atoms with Crippen molar-refractivity contribution in [2.24, 2.45) is 5.73 Å². The van der Waals surface area contributed by atoms with Crippen LogP contribution in [0.15, 0.2) is 24.3 Å². The Hall–Kier alpha value is -2.23. The van der Waals surface area contributed by atoms with Gasteiger partial charge in [-0.15, -0.1) is 0 Å². The summed E-state index contributed by atoms with van der Waals surface area (Å²) in [5.74, 6) is 0.173. The van der Waals surface area contributed by atoms with Gasteiger partial charge >= 0.3 is 6.09 Å². The van der Waals surface area contributed by atoms with Gasteiger partial charge in [0.1, 0.15) is 5.75 Å². The highest BCUT2D eigenvalue weighted by atomic mass is 16.7. The first kappa shape index (κ1) is 18.8. The van der Waals surface area contributed by atoms with Crippen molar-refractivity contribution in [2.45, 2.75) is 32.7 Å². The van der Waals surface area contributed by atoms with Crippen molar-refractivity contribution < 1.29 is 23.9 Å². The first-order valence-corrected chi connectivity index (χ1v) is 7.17. The Morgan fingerprint density at radius 2 is 1.83 bits per heavy atom. The number of ether oxygens (including phenoxy) is 3. The number of nitro groups is 1. The van der Waals surface area contributed by atoms with Crippen LogP contribution in [0.4, 0.5) is 10.5 Å². The highest BCUT2D eigenvalue weighted by Crippen LogP contribution is 2.17. The van der Waals surface area contributed by atoms with Gasteiger partial charge in [0.2, 0.25) is 0 Å². The summed E-state index contributed by atoms with van der Waals surface area (Å²) in [6, 6.07) is 5.13.